The number of nitrogens with zero attached hydrogens (tertiary/aromatic N) is 4. The predicted molar refractivity (Wildman–Crippen MR) is 96.9 cm³/mol. The van der Waals surface area contributed by atoms with Gasteiger partial charge in [-0.2, -0.15) is 0 Å². The van der Waals surface area contributed by atoms with Crippen LogP contribution in [0.2, 0.25) is 0 Å². The van der Waals surface area contributed by atoms with Gasteiger partial charge in [0.05, 0.1) is 12.1 Å². The molecule has 8 heteroatoms. The fraction of sp³-hybridized carbons (Fsp3) is 0.412. The molecule has 2 amide bonds. The van der Waals surface area contributed by atoms with E-state index in [0.717, 1.165) is 22.2 Å². The van der Waals surface area contributed by atoms with Gasteiger partial charge >= 0.3 is 0 Å². The van der Waals surface area contributed by atoms with Crippen molar-refractivity contribution in [3.05, 3.63) is 35.0 Å². The van der Waals surface area contributed by atoms with Gasteiger partial charge in [0.15, 0.2) is 5.13 Å². The van der Waals surface area contributed by atoms with Gasteiger partial charge in [-0.25, -0.2) is 9.97 Å². The number of aromatic nitrogens is 2. The van der Waals surface area contributed by atoms with Crippen molar-refractivity contribution in [3.63, 3.8) is 0 Å². The van der Waals surface area contributed by atoms with E-state index in [9.17, 15) is 9.59 Å². The van der Waals surface area contributed by atoms with Crippen LogP contribution in [-0.4, -0.2) is 57.8 Å². The number of pyridine rings is 1. The number of thiazole rings is 1. The van der Waals surface area contributed by atoms with E-state index in [1.807, 2.05) is 24.4 Å². The van der Waals surface area contributed by atoms with Crippen LogP contribution in [0.1, 0.15) is 18.2 Å². The lowest BCUT2D eigenvalue weighted by atomic mass is 10.2. The zero-order valence-electron chi connectivity index (χ0n) is 14.4. The van der Waals surface area contributed by atoms with Gasteiger partial charge in [-0.3, -0.25) is 9.59 Å². The van der Waals surface area contributed by atoms with Crippen LogP contribution in [0.5, 0.6) is 0 Å². The Balaban J connectivity index is 1.54. The van der Waals surface area contributed by atoms with Gasteiger partial charge in [0.1, 0.15) is 5.82 Å². The molecule has 3 heterocycles. The maximum absolute atomic E-state index is 12.4. The van der Waals surface area contributed by atoms with Gasteiger partial charge < -0.3 is 15.1 Å². The molecule has 0 spiro atoms. The average Bonchev–Trinajstić information content (AvgIpc) is 3.01. The highest BCUT2D eigenvalue weighted by Gasteiger charge is 2.22. The summed E-state index contributed by atoms with van der Waals surface area (Å²) in [7, 11) is 0. The summed E-state index contributed by atoms with van der Waals surface area (Å²) >= 11 is 1.46. The summed E-state index contributed by atoms with van der Waals surface area (Å²) in [5, 5.41) is 5.78. The summed E-state index contributed by atoms with van der Waals surface area (Å²) in [4.78, 5) is 36.0. The molecule has 1 N–H and O–H groups in total. The van der Waals surface area contributed by atoms with E-state index in [1.165, 1.54) is 11.3 Å². The SMILES string of the molecule is CC(=O)N1CCN(C(=O)Cc2csc(Nc3cc(C)ccn3)n2)CC1. The molecule has 7 nitrogen and oxygen atoms in total. The standard InChI is InChI=1S/C17H21N5O2S/c1-12-3-4-18-15(9-12)20-17-19-14(11-25-17)10-16(24)22-7-5-21(6-8-22)13(2)23/h3-4,9,11H,5-8,10H2,1-2H3,(H,18,19,20). The van der Waals surface area contributed by atoms with E-state index in [4.69, 9.17) is 0 Å². The molecule has 3 rings (SSSR count). The molecule has 0 unspecified atom stereocenters. The molecule has 132 valence electrons. The van der Waals surface area contributed by atoms with Crippen LogP contribution in [0.25, 0.3) is 0 Å². The van der Waals surface area contributed by atoms with Gasteiger partial charge in [-0.15, -0.1) is 11.3 Å². The second-order valence-electron chi connectivity index (χ2n) is 6.05. The van der Waals surface area contributed by atoms with Gasteiger partial charge in [-0.05, 0) is 24.6 Å². The number of anilines is 2. The highest BCUT2D eigenvalue weighted by atomic mass is 32.1. The molecule has 0 bridgehead atoms. The Morgan fingerprint density at radius 2 is 1.96 bits per heavy atom. The first-order valence-electron chi connectivity index (χ1n) is 8.18. The summed E-state index contributed by atoms with van der Waals surface area (Å²) in [6, 6.07) is 3.88. The minimum Gasteiger partial charge on any atom is -0.339 e. The Labute approximate surface area is 150 Å². The third-order valence-corrected chi connectivity index (χ3v) is 4.92. The first-order valence-corrected chi connectivity index (χ1v) is 9.06. The Bertz CT molecular complexity index is 768. The van der Waals surface area contributed by atoms with Crippen LogP contribution in [0.15, 0.2) is 23.7 Å². The Morgan fingerprint density at radius 3 is 2.64 bits per heavy atom. The molecule has 2 aromatic heterocycles. The van der Waals surface area contributed by atoms with Crippen molar-refractivity contribution in [2.24, 2.45) is 0 Å². The fourth-order valence-electron chi connectivity index (χ4n) is 2.70. The predicted octanol–water partition coefficient (Wildman–Crippen LogP) is 1.82. The van der Waals surface area contributed by atoms with Gasteiger partial charge in [0.2, 0.25) is 11.8 Å². The zero-order valence-corrected chi connectivity index (χ0v) is 15.2. The maximum Gasteiger partial charge on any atom is 0.228 e. The van der Waals surface area contributed by atoms with Crippen molar-refractivity contribution in [3.8, 4) is 0 Å². The normalized spacial score (nSPS) is 14.5. The lowest BCUT2D eigenvalue weighted by molar-refractivity contribution is -0.138. The first kappa shape index (κ1) is 17.3. The van der Waals surface area contributed by atoms with Crippen LogP contribution < -0.4 is 5.32 Å². The molecule has 1 fully saturated rings. The third-order valence-electron chi connectivity index (χ3n) is 4.11. The lowest BCUT2D eigenvalue weighted by Crippen LogP contribution is -2.50. The van der Waals surface area contributed by atoms with E-state index in [2.05, 4.69) is 15.3 Å². The topological polar surface area (TPSA) is 78.4 Å². The molecule has 2 aromatic rings. The van der Waals surface area contributed by atoms with Gasteiger partial charge in [-0.1, -0.05) is 0 Å². The molecule has 1 aliphatic rings. The number of amides is 2. The van der Waals surface area contributed by atoms with E-state index in [0.29, 0.717) is 26.2 Å². The molecular formula is C17H21N5O2S. The van der Waals surface area contributed by atoms with E-state index < -0.39 is 0 Å². The van der Waals surface area contributed by atoms with Crippen LogP contribution in [-0.2, 0) is 16.0 Å². The largest absolute Gasteiger partial charge is 0.339 e. The van der Waals surface area contributed by atoms with E-state index in [-0.39, 0.29) is 18.2 Å². The smallest absolute Gasteiger partial charge is 0.228 e. The molecule has 1 saturated heterocycles. The Morgan fingerprint density at radius 1 is 1.24 bits per heavy atom. The van der Waals surface area contributed by atoms with Crippen LogP contribution >= 0.6 is 11.3 Å². The summed E-state index contributed by atoms with van der Waals surface area (Å²) in [6.45, 7) is 5.94. The number of piperazine rings is 1. The summed E-state index contributed by atoms with van der Waals surface area (Å²) in [5.41, 5.74) is 1.87. The Kier molecular flexibility index (Phi) is 5.28. The summed E-state index contributed by atoms with van der Waals surface area (Å²) < 4.78 is 0. The quantitative estimate of drug-likeness (QED) is 0.901. The summed E-state index contributed by atoms with van der Waals surface area (Å²) in [6.07, 6.45) is 2.02. The fourth-order valence-corrected chi connectivity index (χ4v) is 3.41. The number of carbonyl (C=O) groups is 2. The Hall–Kier alpha value is -2.48. The number of aryl methyl sites for hydroxylation is 1. The second-order valence-corrected chi connectivity index (χ2v) is 6.91. The zero-order chi connectivity index (χ0) is 17.8. The minimum absolute atomic E-state index is 0.0498. The van der Waals surface area contributed by atoms with Crippen LogP contribution in [0.3, 0.4) is 0 Å². The van der Waals surface area contributed by atoms with E-state index >= 15 is 0 Å². The van der Waals surface area contributed by atoms with Crippen molar-refractivity contribution in [2.75, 3.05) is 31.5 Å². The number of hydrogen-bond donors (Lipinski definition) is 1. The molecule has 0 aliphatic carbocycles. The maximum atomic E-state index is 12.4. The number of carbonyl (C=O) groups excluding carboxylic acids is 2. The van der Waals surface area contributed by atoms with Crippen LogP contribution in [0.4, 0.5) is 10.9 Å². The van der Waals surface area contributed by atoms with E-state index in [1.54, 1.807) is 22.9 Å². The molecule has 0 saturated carbocycles. The highest BCUT2D eigenvalue weighted by Crippen LogP contribution is 2.20. The third kappa shape index (κ3) is 4.54. The molecule has 1 aliphatic heterocycles. The van der Waals surface area contributed by atoms with Crippen LogP contribution in [0, 0.1) is 6.92 Å². The monoisotopic (exact) mass is 359 g/mol. The highest BCUT2D eigenvalue weighted by molar-refractivity contribution is 7.13. The van der Waals surface area contributed by atoms with Crippen molar-refractivity contribution >= 4 is 34.1 Å². The second kappa shape index (κ2) is 7.60. The number of nitrogens with one attached hydrogen (secondary N) is 1. The van der Waals surface area contributed by atoms with Gasteiger partial charge in [0, 0.05) is 44.7 Å². The minimum atomic E-state index is 0.0498. The van der Waals surface area contributed by atoms with Crippen molar-refractivity contribution < 1.29 is 9.59 Å². The molecule has 0 atom stereocenters. The van der Waals surface area contributed by atoms with Gasteiger partial charge in [0.25, 0.3) is 0 Å². The average molecular weight is 359 g/mol. The van der Waals surface area contributed by atoms with Crippen molar-refractivity contribution in [2.45, 2.75) is 20.3 Å². The lowest BCUT2D eigenvalue weighted by Gasteiger charge is -2.34. The number of hydrogen-bond acceptors (Lipinski definition) is 6. The molecule has 0 radical (unpaired) electrons. The van der Waals surface area contributed by atoms with Crippen molar-refractivity contribution in [1.29, 1.82) is 0 Å². The summed E-state index contributed by atoms with van der Waals surface area (Å²) in [5.74, 6) is 0.855. The molecule has 0 aromatic carbocycles. The first-order chi connectivity index (χ1) is 12.0. The van der Waals surface area contributed by atoms with Crippen molar-refractivity contribution in [1.82, 2.24) is 19.8 Å². The molecular weight excluding hydrogens is 338 g/mol. The molecule has 25 heavy (non-hydrogen) atoms. The number of rotatable bonds is 4.